The Kier molecular flexibility index (Phi) is 6.92. The van der Waals surface area contributed by atoms with Crippen molar-refractivity contribution >= 4 is 34.2 Å². The van der Waals surface area contributed by atoms with Crippen molar-refractivity contribution in [2.75, 3.05) is 26.5 Å². The van der Waals surface area contributed by atoms with Crippen molar-refractivity contribution in [2.45, 2.75) is 6.43 Å². The summed E-state index contributed by atoms with van der Waals surface area (Å²) in [6.45, 7) is -0.825. The summed E-state index contributed by atoms with van der Waals surface area (Å²) >= 11 is 6.03. The summed E-state index contributed by atoms with van der Waals surface area (Å²) in [6.07, 6.45) is -2.67. The number of aromatic nitrogens is 3. The molecule has 0 unspecified atom stereocenters. The fourth-order valence-corrected chi connectivity index (χ4v) is 3.65. The molecule has 180 valence electrons. The fraction of sp³-hybridized carbons (Fsp3) is 0.167. The molecule has 2 heterocycles. The highest BCUT2D eigenvalue weighted by Crippen LogP contribution is 2.27. The standard InChI is InChI=1S/C24H20ClF2N5O3/c1-29-23(34-2)16-11-15(7-8-17(16)28)32-24(33)21(13-3-5-14(25)6-4-13)22-18(31-32)9-10-20(30-22)35-12-19(26)27/h3-11,19H,12,28H2,1-2H3. The maximum Gasteiger partial charge on any atom is 0.281 e. The highest BCUT2D eigenvalue weighted by atomic mass is 35.5. The van der Waals surface area contributed by atoms with Crippen molar-refractivity contribution in [2.24, 2.45) is 4.99 Å². The molecular formula is C24H20ClF2N5O3. The van der Waals surface area contributed by atoms with Crippen molar-refractivity contribution < 1.29 is 18.3 Å². The average Bonchev–Trinajstić information content (AvgIpc) is 2.85. The van der Waals surface area contributed by atoms with Gasteiger partial charge in [0.25, 0.3) is 12.0 Å². The normalized spacial score (nSPS) is 11.8. The first-order chi connectivity index (χ1) is 16.8. The maximum absolute atomic E-state index is 13.7. The van der Waals surface area contributed by atoms with Crippen molar-refractivity contribution in [1.29, 1.82) is 0 Å². The van der Waals surface area contributed by atoms with Crippen LogP contribution in [-0.2, 0) is 4.74 Å². The van der Waals surface area contributed by atoms with Gasteiger partial charge in [-0.15, -0.1) is 0 Å². The van der Waals surface area contributed by atoms with Crippen LogP contribution in [0.5, 0.6) is 5.88 Å². The Balaban J connectivity index is 1.98. The van der Waals surface area contributed by atoms with E-state index in [0.717, 1.165) is 0 Å². The zero-order valence-electron chi connectivity index (χ0n) is 18.7. The van der Waals surface area contributed by atoms with E-state index < -0.39 is 18.6 Å². The Labute approximate surface area is 203 Å². The van der Waals surface area contributed by atoms with Gasteiger partial charge in [-0.2, -0.15) is 9.78 Å². The number of fused-ring (bicyclic) bond motifs is 1. The molecule has 0 aliphatic rings. The van der Waals surface area contributed by atoms with Gasteiger partial charge < -0.3 is 15.2 Å². The van der Waals surface area contributed by atoms with Crippen molar-refractivity contribution in [1.82, 2.24) is 14.8 Å². The number of halogens is 3. The fourth-order valence-electron chi connectivity index (χ4n) is 3.52. The third-order valence-electron chi connectivity index (χ3n) is 5.10. The number of aliphatic imine (C=N–C) groups is 1. The number of nitrogens with zero attached hydrogens (tertiary/aromatic N) is 4. The molecule has 4 rings (SSSR count). The van der Waals surface area contributed by atoms with Gasteiger partial charge in [-0.25, -0.2) is 13.8 Å². The molecule has 0 aliphatic heterocycles. The first kappa shape index (κ1) is 24.1. The van der Waals surface area contributed by atoms with E-state index in [0.29, 0.717) is 38.9 Å². The summed E-state index contributed by atoms with van der Waals surface area (Å²) < 4.78 is 36.8. The third-order valence-corrected chi connectivity index (χ3v) is 5.35. The number of nitrogen functional groups attached to an aromatic ring is 1. The summed E-state index contributed by atoms with van der Waals surface area (Å²) in [6, 6.07) is 14.5. The molecule has 0 spiro atoms. The van der Waals surface area contributed by atoms with Crippen molar-refractivity contribution in [3.8, 4) is 22.7 Å². The number of anilines is 1. The summed E-state index contributed by atoms with van der Waals surface area (Å²) in [4.78, 5) is 22.1. The molecule has 0 saturated carbocycles. The van der Waals surface area contributed by atoms with Crippen LogP contribution in [0.15, 0.2) is 64.4 Å². The molecule has 0 saturated heterocycles. The van der Waals surface area contributed by atoms with E-state index in [1.165, 1.54) is 17.9 Å². The van der Waals surface area contributed by atoms with Crippen molar-refractivity contribution in [3.63, 3.8) is 0 Å². The smallest absolute Gasteiger partial charge is 0.281 e. The number of hydrogen-bond acceptors (Lipinski definition) is 7. The number of hydrogen-bond donors (Lipinski definition) is 1. The van der Waals surface area contributed by atoms with Gasteiger partial charge in [-0.05, 0) is 42.0 Å². The molecule has 0 aliphatic carbocycles. The zero-order valence-corrected chi connectivity index (χ0v) is 19.5. The highest BCUT2D eigenvalue weighted by Gasteiger charge is 2.19. The van der Waals surface area contributed by atoms with E-state index in [1.807, 2.05) is 0 Å². The second-order valence-electron chi connectivity index (χ2n) is 7.32. The molecular weight excluding hydrogens is 480 g/mol. The molecule has 0 fully saturated rings. The van der Waals surface area contributed by atoms with Crippen LogP contribution < -0.4 is 16.0 Å². The summed E-state index contributed by atoms with van der Waals surface area (Å²) in [5.41, 5.74) is 8.15. The molecule has 0 bridgehead atoms. The topological polar surface area (TPSA) is 105 Å². The van der Waals surface area contributed by atoms with E-state index in [2.05, 4.69) is 15.1 Å². The monoisotopic (exact) mass is 499 g/mol. The number of pyridine rings is 1. The Morgan fingerprint density at radius 3 is 2.57 bits per heavy atom. The molecule has 4 aromatic rings. The Morgan fingerprint density at radius 2 is 1.91 bits per heavy atom. The number of rotatable bonds is 6. The van der Waals surface area contributed by atoms with Crippen LogP contribution in [0.25, 0.3) is 27.8 Å². The highest BCUT2D eigenvalue weighted by molar-refractivity contribution is 6.30. The van der Waals surface area contributed by atoms with Gasteiger partial charge in [0.15, 0.2) is 6.61 Å². The lowest BCUT2D eigenvalue weighted by atomic mass is 10.1. The molecule has 0 amide bonds. The summed E-state index contributed by atoms with van der Waals surface area (Å²) in [7, 11) is 3.02. The van der Waals surface area contributed by atoms with Crippen LogP contribution in [0.1, 0.15) is 5.56 Å². The van der Waals surface area contributed by atoms with E-state index in [-0.39, 0.29) is 17.0 Å². The van der Waals surface area contributed by atoms with Crippen LogP contribution in [0.2, 0.25) is 5.02 Å². The quantitative estimate of drug-likeness (QED) is 0.240. The number of methoxy groups -OCH3 is 1. The van der Waals surface area contributed by atoms with Crippen LogP contribution in [0.4, 0.5) is 14.5 Å². The minimum absolute atomic E-state index is 0.0503. The molecule has 0 radical (unpaired) electrons. The lowest BCUT2D eigenvalue weighted by molar-refractivity contribution is 0.0798. The average molecular weight is 500 g/mol. The van der Waals surface area contributed by atoms with E-state index >= 15 is 0 Å². The largest absolute Gasteiger partial charge is 0.481 e. The SMILES string of the molecule is CN=C(OC)c1cc(-n2nc3ccc(OCC(F)F)nc3c(-c3ccc(Cl)cc3)c2=O)ccc1N. The molecule has 2 aromatic heterocycles. The van der Waals surface area contributed by atoms with Crippen molar-refractivity contribution in [3.05, 3.63) is 75.5 Å². The van der Waals surface area contributed by atoms with Gasteiger partial charge in [0.2, 0.25) is 11.8 Å². The van der Waals surface area contributed by atoms with Crippen LogP contribution in [0.3, 0.4) is 0 Å². The molecule has 8 nitrogen and oxygen atoms in total. The Hall–Kier alpha value is -4.05. The Bertz CT molecular complexity index is 1470. The number of benzene rings is 2. The van der Waals surface area contributed by atoms with Gasteiger partial charge in [0.05, 0.1) is 23.9 Å². The maximum atomic E-state index is 13.7. The summed E-state index contributed by atoms with van der Waals surface area (Å²) in [5.74, 6) is 0.240. The van der Waals surface area contributed by atoms with Crippen LogP contribution in [0, 0.1) is 0 Å². The first-order valence-corrected chi connectivity index (χ1v) is 10.7. The predicted molar refractivity (Wildman–Crippen MR) is 131 cm³/mol. The number of ether oxygens (including phenoxy) is 2. The van der Waals surface area contributed by atoms with Crippen LogP contribution >= 0.6 is 11.6 Å². The second kappa shape index (κ2) is 10.1. The number of nitrogens with two attached hydrogens (primary N) is 1. The van der Waals surface area contributed by atoms with E-state index in [1.54, 1.807) is 55.6 Å². The minimum Gasteiger partial charge on any atom is -0.481 e. The first-order valence-electron chi connectivity index (χ1n) is 10.3. The zero-order chi connectivity index (χ0) is 25.1. The number of alkyl halides is 2. The molecule has 2 aromatic carbocycles. The molecule has 11 heteroatoms. The molecule has 2 N–H and O–H groups in total. The van der Waals surface area contributed by atoms with Gasteiger partial charge in [0, 0.05) is 23.8 Å². The molecule has 35 heavy (non-hydrogen) atoms. The minimum atomic E-state index is -2.67. The predicted octanol–water partition coefficient (Wildman–Crippen LogP) is 4.35. The van der Waals surface area contributed by atoms with Gasteiger partial charge in [-0.3, -0.25) is 9.79 Å². The van der Waals surface area contributed by atoms with Gasteiger partial charge >= 0.3 is 0 Å². The van der Waals surface area contributed by atoms with Crippen LogP contribution in [-0.4, -0.2) is 47.9 Å². The van der Waals surface area contributed by atoms with Gasteiger partial charge in [-0.1, -0.05) is 23.7 Å². The third kappa shape index (κ3) is 4.92. The lowest BCUT2D eigenvalue weighted by Crippen LogP contribution is -2.24. The Morgan fingerprint density at radius 1 is 1.17 bits per heavy atom. The van der Waals surface area contributed by atoms with E-state index in [4.69, 9.17) is 26.8 Å². The van der Waals surface area contributed by atoms with Gasteiger partial charge in [0.1, 0.15) is 11.0 Å². The second-order valence-corrected chi connectivity index (χ2v) is 7.76. The summed E-state index contributed by atoms with van der Waals surface area (Å²) in [5, 5.41) is 4.94. The lowest BCUT2D eigenvalue weighted by Gasteiger charge is -2.14. The van der Waals surface area contributed by atoms with E-state index in [9.17, 15) is 13.6 Å². The molecule has 0 atom stereocenters.